The van der Waals surface area contributed by atoms with E-state index >= 15 is 0 Å². The quantitative estimate of drug-likeness (QED) is 0.522. The molecule has 0 saturated carbocycles. The van der Waals surface area contributed by atoms with Crippen molar-refractivity contribution < 1.29 is 23.6 Å². The number of benzene rings is 3. The van der Waals surface area contributed by atoms with Gasteiger partial charge >= 0.3 is 6.61 Å². The van der Waals surface area contributed by atoms with E-state index in [0.29, 0.717) is 19.5 Å². The number of ether oxygens (including phenoxy) is 1. The summed E-state index contributed by atoms with van der Waals surface area (Å²) >= 11 is 0. The molecule has 1 amide bonds. The molecule has 31 heavy (non-hydrogen) atoms. The van der Waals surface area contributed by atoms with Gasteiger partial charge in [-0.15, -0.1) is 0 Å². The highest BCUT2D eigenvalue weighted by molar-refractivity contribution is 5.76. The lowest BCUT2D eigenvalue weighted by atomic mass is 9.98. The molecule has 0 heterocycles. The second-order valence-electron chi connectivity index (χ2n) is 7.36. The zero-order chi connectivity index (χ0) is 22.1. The van der Waals surface area contributed by atoms with Gasteiger partial charge in [0.15, 0.2) is 6.54 Å². The zero-order valence-electron chi connectivity index (χ0n) is 17.4. The first-order chi connectivity index (χ1) is 15.0. The van der Waals surface area contributed by atoms with Crippen molar-refractivity contribution >= 4 is 5.91 Å². The molecule has 0 aliphatic carbocycles. The van der Waals surface area contributed by atoms with Crippen molar-refractivity contribution in [2.45, 2.75) is 26.0 Å². The molecule has 3 rings (SSSR count). The third-order valence-electron chi connectivity index (χ3n) is 5.02. The van der Waals surface area contributed by atoms with Gasteiger partial charge in [-0.05, 0) is 31.0 Å². The Hall–Kier alpha value is -3.25. The summed E-state index contributed by atoms with van der Waals surface area (Å²) < 4.78 is 28.7. The number of hydrogen-bond donors (Lipinski definition) is 2. The predicted molar refractivity (Wildman–Crippen MR) is 116 cm³/mol. The molecule has 0 aromatic heterocycles. The highest BCUT2D eigenvalue weighted by atomic mass is 19.3. The van der Waals surface area contributed by atoms with E-state index in [1.165, 1.54) is 17.7 Å². The number of quaternary nitrogens is 1. The molecule has 0 saturated heterocycles. The summed E-state index contributed by atoms with van der Waals surface area (Å²) in [4.78, 5) is 12.4. The maximum Gasteiger partial charge on any atom is 0.387 e. The van der Waals surface area contributed by atoms with Crippen LogP contribution in [0.4, 0.5) is 8.78 Å². The Morgan fingerprint density at radius 2 is 1.58 bits per heavy atom. The number of carbonyl (C=O) groups excluding carboxylic acids is 1. The van der Waals surface area contributed by atoms with Gasteiger partial charge in [-0.2, -0.15) is 8.78 Å². The minimum absolute atomic E-state index is 0.0370. The van der Waals surface area contributed by atoms with Crippen molar-refractivity contribution in [1.82, 2.24) is 5.32 Å². The van der Waals surface area contributed by atoms with Crippen LogP contribution >= 0.6 is 0 Å². The summed E-state index contributed by atoms with van der Waals surface area (Å²) in [6.45, 7) is -0.00431. The Kier molecular flexibility index (Phi) is 8.12. The number of carbonyl (C=O) groups is 1. The normalized spacial score (nSPS) is 11.9. The topological polar surface area (TPSA) is 54.9 Å². The van der Waals surface area contributed by atoms with Crippen LogP contribution in [0.3, 0.4) is 0 Å². The van der Waals surface area contributed by atoms with Gasteiger partial charge in [-0.25, -0.2) is 0 Å². The lowest BCUT2D eigenvalue weighted by Gasteiger charge is -2.17. The fraction of sp³-hybridized carbons (Fsp3) is 0.240. The molecule has 162 valence electrons. The predicted octanol–water partition coefficient (Wildman–Crippen LogP) is 3.61. The Labute approximate surface area is 181 Å². The van der Waals surface area contributed by atoms with Gasteiger partial charge in [0, 0.05) is 17.7 Å². The van der Waals surface area contributed by atoms with Gasteiger partial charge in [0.25, 0.3) is 5.91 Å². The summed E-state index contributed by atoms with van der Waals surface area (Å²) in [6, 6.07) is 25.0. The van der Waals surface area contributed by atoms with Crippen LogP contribution in [0.5, 0.6) is 5.75 Å². The number of aryl methyl sites for hydroxylation is 1. The molecule has 0 radical (unpaired) electrons. The molecule has 3 aromatic carbocycles. The van der Waals surface area contributed by atoms with E-state index in [4.69, 9.17) is 0 Å². The largest absolute Gasteiger partial charge is 0.435 e. The van der Waals surface area contributed by atoms with E-state index in [1.807, 2.05) is 23.5 Å². The van der Waals surface area contributed by atoms with Gasteiger partial charge in [0.1, 0.15) is 11.8 Å². The molecule has 0 fully saturated rings. The van der Waals surface area contributed by atoms with Gasteiger partial charge in [-0.1, -0.05) is 72.3 Å². The molecule has 0 aliphatic heterocycles. The van der Waals surface area contributed by atoms with Crippen molar-refractivity contribution in [3.05, 3.63) is 101 Å². The van der Waals surface area contributed by atoms with Crippen molar-refractivity contribution in [3.8, 4) is 5.75 Å². The number of hydrogen-bond acceptors (Lipinski definition) is 2. The van der Waals surface area contributed by atoms with E-state index < -0.39 is 6.61 Å². The van der Waals surface area contributed by atoms with E-state index in [-0.39, 0.29) is 17.7 Å². The first-order valence-corrected chi connectivity index (χ1v) is 10.3. The zero-order valence-corrected chi connectivity index (χ0v) is 17.4. The van der Waals surface area contributed by atoms with Crippen LogP contribution < -0.4 is 15.4 Å². The van der Waals surface area contributed by atoms with E-state index in [0.717, 1.165) is 16.7 Å². The third-order valence-corrected chi connectivity index (χ3v) is 5.02. The summed E-state index contributed by atoms with van der Waals surface area (Å²) in [5.41, 5.74) is 4.43. The summed E-state index contributed by atoms with van der Waals surface area (Å²) in [6.07, 6.45) is 0.612. The van der Waals surface area contributed by atoms with E-state index in [1.54, 1.807) is 12.1 Å². The molecule has 4 nitrogen and oxygen atoms in total. The van der Waals surface area contributed by atoms with Crippen LogP contribution in [0.1, 0.15) is 28.3 Å². The van der Waals surface area contributed by atoms with Crippen LogP contribution in [-0.2, 0) is 11.2 Å². The number of alkyl halides is 2. The van der Waals surface area contributed by atoms with Gasteiger partial charge < -0.3 is 15.4 Å². The second kappa shape index (κ2) is 11.2. The average molecular weight is 425 g/mol. The number of rotatable bonds is 10. The first kappa shape index (κ1) is 22.4. The minimum atomic E-state index is -2.83. The monoisotopic (exact) mass is 425 g/mol. The van der Waals surface area contributed by atoms with E-state index in [2.05, 4.69) is 53.4 Å². The first-order valence-electron chi connectivity index (χ1n) is 10.3. The van der Waals surface area contributed by atoms with Crippen molar-refractivity contribution in [2.24, 2.45) is 0 Å². The van der Waals surface area contributed by atoms with Crippen LogP contribution in [0, 0.1) is 6.92 Å². The van der Waals surface area contributed by atoms with Gasteiger partial charge in [0.05, 0.1) is 0 Å². The SMILES string of the molecule is Cc1ccc([C@@H]([NH2+]CC(=O)NCCc2ccc(OC(F)F)cc2)c2ccccc2)cc1. The van der Waals surface area contributed by atoms with Gasteiger partial charge in [0.2, 0.25) is 0 Å². The summed E-state index contributed by atoms with van der Waals surface area (Å²) in [7, 11) is 0. The van der Waals surface area contributed by atoms with Crippen molar-refractivity contribution in [3.63, 3.8) is 0 Å². The lowest BCUT2D eigenvalue weighted by Crippen LogP contribution is -2.87. The Bertz CT molecular complexity index is 946. The average Bonchev–Trinajstić information content (AvgIpc) is 2.77. The number of halogens is 2. The van der Waals surface area contributed by atoms with E-state index in [9.17, 15) is 13.6 Å². The van der Waals surface area contributed by atoms with Crippen LogP contribution in [0.2, 0.25) is 0 Å². The van der Waals surface area contributed by atoms with Crippen molar-refractivity contribution in [2.75, 3.05) is 13.1 Å². The molecule has 0 bridgehead atoms. The second-order valence-corrected chi connectivity index (χ2v) is 7.36. The Balaban J connectivity index is 1.51. The molecule has 0 spiro atoms. The summed E-state index contributed by atoms with van der Waals surface area (Å²) in [5, 5.41) is 4.96. The molecule has 3 aromatic rings. The third kappa shape index (κ3) is 7.19. The molecule has 6 heteroatoms. The number of nitrogens with two attached hydrogens (primary N) is 1. The maximum atomic E-state index is 12.4. The van der Waals surface area contributed by atoms with Crippen molar-refractivity contribution in [1.29, 1.82) is 0 Å². The fourth-order valence-electron chi connectivity index (χ4n) is 3.38. The highest BCUT2D eigenvalue weighted by Gasteiger charge is 2.18. The van der Waals surface area contributed by atoms with Crippen LogP contribution in [-0.4, -0.2) is 25.6 Å². The molecular formula is C25H27F2N2O2+. The smallest absolute Gasteiger partial charge is 0.387 e. The molecule has 1 atom stereocenters. The van der Waals surface area contributed by atoms with Gasteiger partial charge in [-0.3, -0.25) is 4.79 Å². The minimum Gasteiger partial charge on any atom is -0.435 e. The molecule has 0 aliphatic rings. The lowest BCUT2D eigenvalue weighted by molar-refractivity contribution is -0.676. The highest BCUT2D eigenvalue weighted by Crippen LogP contribution is 2.18. The molecule has 0 unspecified atom stereocenters. The molecular weight excluding hydrogens is 398 g/mol. The Morgan fingerprint density at radius 1 is 0.935 bits per heavy atom. The van der Waals surface area contributed by atoms with Crippen LogP contribution in [0.25, 0.3) is 0 Å². The fourth-order valence-corrected chi connectivity index (χ4v) is 3.38. The standard InChI is InChI=1S/C25H26F2N2O2/c1-18-7-11-21(12-8-18)24(20-5-3-2-4-6-20)29-17-23(30)28-16-15-19-9-13-22(14-10-19)31-25(26)27/h2-14,24-25,29H,15-17H2,1H3,(H,28,30)/p+1/t24-/m0/s1. The maximum absolute atomic E-state index is 12.4. The molecule has 3 N–H and O–H groups in total. The number of amides is 1. The summed E-state index contributed by atoms with van der Waals surface area (Å²) in [5.74, 6) is 0.0751. The van der Waals surface area contributed by atoms with Crippen LogP contribution in [0.15, 0.2) is 78.9 Å². The number of nitrogens with one attached hydrogen (secondary N) is 1. The Morgan fingerprint density at radius 3 is 2.23 bits per heavy atom.